The van der Waals surface area contributed by atoms with Crippen molar-refractivity contribution in [2.24, 2.45) is 0 Å². The maximum Gasteiger partial charge on any atom is 0.264 e. The third kappa shape index (κ3) is 4.63. The Morgan fingerprint density at radius 2 is 2.00 bits per heavy atom. The van der Waals surface area contributed by atoms with E-state index in [1.54, 1.807) is 29.8 Å². The van der Waals surface area contributed by atoms with Crippen LogP contribution in [0.3, 0.4) is 0 Å². The van der Waals surface area contributed by atoms with Crippen LogP contribution in [0.2, 0.25) is 0 Å². The number of ether oxygens (including phenoxy) is 1. The molecule has 0 N–H and O–H groups in total. The van der Waals surface area contributed by atoms with Crippen molar-refractivity contribution in [2.45, 2.75) is 13.0 Å². The molecule has 27 heavy (non-hydrogen) atoms. The fraction of sp³-hybridized carbons (Fsp3) is 0.350. The van der Waals surface area contributed by atoms with Gasteiger partial charge in [0.25, 0.3) is 5.91 Å². The Labute approximate surface area is 173 Å². The van der Waals surface area contributed by atoms with E-state index < -0.39 is 0 Å². The van der Waals surface area contributed by atoms with Crippen LogP contribution in [0, 0.1) is 0 Å². The van der Waals surface area contributed by atoms with Gasteiger partial charge in [-0.2, -0.15) is 0 Å². The zero-order chi connectivity index (χ0) is 17.9. The highest BCUT2D eigenvalue weighted by molar-refractivity contribution is 7.27. The number of amides is 1. The minimum absolute atomic E-state index is 0. The molecule has 0 bridgehead atoms. The van der Waals surface area contributed by atoms with Gasteiger partial charge in [0.15, 0.2) is 0 Å². The second kappa shape index (κ2) is 9.06. The van der Waals surface area contributed by atoms with Crippen LogP contribution < -0.4 is 4.74 Å². The Morgan fingerprint density at radius 3 is 2.81 bits per heavy atom. The molecule has 2 aromatic heterocycles. The normalized spacial score (nSPS) is 15.4. The van der Waals surface area contributed by atoms with Gasteiger partial charge in [0.05, 0.1) is 12.0 Å². The van der Waals surface area contributed by atoms with Gasteiger partial charge in [-0.05, 0) is 41.6 Å². The summed E-state index contributed by atoms with van der Waals surface area (Å²) < 4.78 is 7.75. The van der Waals surface area contributed by atoms with E-state index in [4.69, 9.17) is 4.74 Å². The molecule has 0 radical (unpaired) electrons. The van der Waals surface area contributed by atoms with Gasteiger partial charge in [-0.1, -0.05) is 12.1 Å². The van der Waals surface area contributed by atoms with Crippen molar-refractivity contribution in [3.05, 3.63) is 52.2 Å². The highest BCUT2D eigenvalue weighted by atomic mass is 35.5. The molecular weight excluding hydrogens is 400 g/mol. The van der Waals surface area contributed by atoms with E-state index in [2.05, 4.69) is 28.5 Å². The van der Waals surface area contributed by atoms with Crippen molar-refractivity contribution in [1.29, 1.82) is 0 Å². The fourth-order valence-corrected chi connectivity index (χ4v) is 5.46. The Hall–Kier alpha value is -1.60. The summed E-state index contributed by atoms with van der Waals surface area (Å²) in [5, 5.41) is 2.08. The number of hydrogen-bond acceptors (Lipinski definition) is 5. The van der Waals surface area contributed by atoms with Crippen LogP contribution >= 0.6 is 35.1 Å². The molecule has 3 heterocycles. The van der Waals surface area contributed by atoms with Gasteiger partial charge >= 0.3 is 0 Å². The average Bonchev–Trinajstić information content (AvgIpc) is 3.18. The van der Waals surface area contributed by atoms with E-state index in [0.29, 0.717) is 0 Å². The predicted molar refractivity (Wildman–Crippen MR) is 116 cm³/mol. The SMILES string of the molecule is COc1cccc(CN2CCCN(C(=O)c3cc4sccc4s3)CC2)c1.Cl. The molecule has 1 aliphatic heterocycles. The first-order valence-corrected chi connectivity index (χ1v) is 10.5. The largest absolute Gasteiger partial charge is 0.497 e. The molecule has 1 saturated heterocycles. The molecule has 3 aromatic rings. The highest BCUT2D eigenvalue weighted by Crippen LogP contribution is 2.30. The lowest BCUT2D eigenvalue weighted by Gasteiger charge is -2.22. The smallest absolute Gasteiger partial charge is 0.264 e. The quantitative estimate of drug-likeness (QED) is 0.608. The van der Waals surface area contributed by atoms with Crippen molar-refractivity contribution in [1.82, 2.24) is 9.80 Å². The lowest BCUT2D eigenvalue weighted by Crippen LogP contribution is -2.34. The summed E-state index contributed by atoms with van der Waals surface area (Å²) in [4.78, 5) is 18.2. The maximum atomic E-state index is 12.9. The zero-order valence-electron chi connectivity index (χ0n) is 15.2. The molecule has 0 spiro atoms. The summed E-state index contributed by atoms with van der Waals surface area (Å²) in [6.45, 7) is 4.44. The number of rotatable bonds is 4. The second-order valence-corrected chi connectivity index (χ2v) is 8.56. The number of fused-ring (bicyclic) bond motifs is 1. The first-order chi connectivity index (χ1) is 12.7. The van der Waals surface area contributed by atoms with E-state index in [0.717, 1.165) is 49.8 Å². The van der Waals surface area contributed by atoms with Crippen molar-refractivity contribution in [3.63, 3.8) is 0 Å². The standard InChI is InChI=1S/C20H22N2O2S2.ClH/c1-24-16-5-2-4-15(12-16)14-21-7-3-8-22(10-9-21)20(23)19-13-18-17(26-19)6-11-25-18;/h2,4-6,11-13H,3,7-10,14H2,1H3;1H. The Balaban J connectivity index is 0.00000210. The van der Waals surface area contributed by atoms with Crippen molar-refractivity contribution in [2.75, 3.05) is 33.3 Å². The minimum Gasteiger partial charge on any atom is -0.497 e. The molecule has 0 aliphatic carbocycles. The number of benzene rings is 1. The number of nitrogens with zero attached hydrogens (tertiary/aromatic N) is 2. The number of halogens is 1. The predicted octanol–water partition coefficient (Wildman–Crippen LogP) is 4.74. The van der Waals surface area contributed by atoms with E-state index >= 15 is 0 Å². The van der Waals surface area contributed by atoms with Crippen LogP contribution in [-0.4, -0.2) is 49.0 Å². The molecule has 0 unspecified atom stereocenters. The van der Waals surface area contributed by atoms with Crippen molar-refractivity contribution in [3.8, 4) is 5.75 Å². The van der Waals surface area contributed by atoms with Crippen molar-refractivity contribution < 1.29 is 9.53 Å². The van der Waals surface area contributed by atoms with Crippen LogP contribution in [0.4, 0.5) is 0 Å². The topological polar surface area (TPSA) is 32.8 Å². The van der Waals surface area contributed by atoms with E-state index in [1.807, 2.05) is 23.1 Å². The summed E-state index contributed by atoms with van der Waals surface area (Å²) in [6, 6.07) is 12.4. The molecule has 144 valence electrons. The van der Waals surface area contributed by atoms with Gasteiger partial charge < -0.3 is 9.64 Å². The third-order valence-corrected chi connectivity index (χ3v) is 6.85. The fourth-order valence-electron chi connectivity index (χ4n) is 3.39. The van der Waals surface area contributed by atoms with Crippen LogP contribution in [-0.2, 0) is 6.54 Å². The number of thiophene rings is 2. The van der Waals surface area contributed by atoms with E-state index in [-0.39, 0.29) is 18.3 Å². The first kappa shape index (κ1) is 20.1. The second-order valence-electron chi connectivity index (χ2n) is 6.53. The Kier molecular flexibility index (Phi) is 6.76. The monoisotopic (exact) mass is 422 g/mol. The van der Waals surface area contributed by atoms with Crippen LogP contribution in [0.15, 0.2) is 41.8 Å². The zero-order valence-corrected chi connectivity index (χ0v) is 17.7. The van der Waals surface area contributed by atoms with Crippen LogP contribution in [0.5, 0.6) is 5.75 Å². The summed E-state index contributed by atoms with van der Waals surface area (Å²) in [6.07, 6.45) is 1.01. The third-order valence-electron chi connectivity index (χ3n) is 4.77. The van der Waals surface area contributed by atoms with E-state index in [9.17, 15) is 4.79 Å². The Morgan fingerprint density at radius 1 is 1.11 bits per heavy atom. The van der Waals surface area contributed by atoms with Crippen LogP contribution in [0.25, 0.3) is 9.40 Å². The molecule has 4 rings (SSSR count). The molecule has 4 nitrogen and oxygen atoms in total. The number of carbonyl (C=O) groups excluding carboxylic acids is 1. The highest BCUT2D eigenvalue weighted by Gasteiger charge is 2.22. The number of methoxy groups -OCH3 is 1. The number of hydrogen-bond donors (Lipinski definition) is 0. The molecule has 0 saturated carbocycles. The molecule has 0 atom stereocenters. The summed E-state index contributed by atoms with van der Waals surface area (Å²) >= 11 is 3.31. The van der Waals surface area contributed by atoms with Gasteiger partial charge in [0.2, 0.25) is 0 Å². The average molecular weight is 423 g/mol. The maximum absolute atomic E-state index is 12.9. The summed E-state index contributed by atoms with van der Waals surface area (Å²) in [7, 11) is 1.70. The minimum atomic E-state index is 0. The molecule has 1 fully saturated rings. The summed E-state index contributed by atoms with van der Waals surface area (Å²) in [5.41, 5.74) is 1.25. The van der Waals surface area contributed by atoms with Gasteiger partial charge in [0, 0.05) is 42.1 Å². The van der Waals surface area contributed by atoms with Gasteiger partial charge in [-0.25, -0.2) is 0 Å². The van der Waals surface area contributed by atoms with Crippen LogP contribution in [0.1, 0.15) is 21.7 Å². The molecule has 7 heteroatoms. The molecule has 1 amide bonds. The molecular formula is C20H23ClN2O2S2. The molecule has 1 aliphatic rings. The number of carbonyl (C=O) groups is 1. The van der Waals surface area contributed by atoms with Gasteiger partial charge in [0.1, 0.15) is 5.75 Å². The summed E-state index contributed by atoms with van der Waals surface area (Å²) in [5.74, 6) is 1.08. The lowest BCUT2D eigenvalue weighted by atomic mass is 10.2. The van der Waals surface area contributed by atoms with Gasteiger partial charge in [-0.3, -0.25) is 9.69 Å². The van der Waals surface area contributed by atoms with E-state index in [1.165, 1.54) is 15.0 Å². The lowest BCUT2D eigenvalue weighted by molar-refractivity contribution is 0.0766. The molecule has 1 aromatic carbocycles. The Bertz CT molecular complexity index is 880. The van der Waals surface area contributed by atoms with Gasteiger partial charge in [-0.15, -0.1) is 35.1 Å². The van der Waals surface area contributed by atoms with Crippen molar-refractivity contribution >= 4 is 50.4 Å². The first-order valence-electron chi connectivity index (χ1n) is 8.84.